The smallest absolute Gasteiger partial charge is 0.238 e. The molecule has 0 spiro atoms. The molecule has 1 heterocycles. The van der Waals surface area contributed by atoms with E-state index in [-0.39, 0.29) is 17.2 Å². The maximum Gasteiger partial charge on any atom is 0.238 e. The van der Waals surface area contributed by atoms with Gasteiger partial charge in [0.05, 0.1) is 31.5 Å². The van der Waals surface area contributed by atoms with Crippen LogP contribution in [0.15, 0.2) is 29.2 Å². The summed E-state index contributed by atoms with van der Waals surface area (Å²) in [6.45, 7) is 6.59. The minimum atomic E-state index is -0.0141. The summed E-state index contributed by atoms with van der Waals surface area (Å²) in [4.78, 5) is 15.5. The molecule has 0 unspecified atom stereocenters. The number of nitrogens with zero attached hydrogens (tertiary/aromatic N) is 2. The van der Waals surface area contributed by atoms with Gasteiger partial charge in [0.15, 0.2) is 0 Å². The Morgan fingerprint density at radius 3 is 3.09 bits per heavy atom. The van der Waals surface area contributed by atoms with E-state index in [1.807, 2.05) is 31.2 Å². The zero-order valence-corrected chi connectivity index (χ0v) is 14.4. The van der Waals surface area contributed by atoms with Crippen LogP contribution in [0, 0.1) is 11.3 Å². The molecule has 0 bridgehead atoms. The molecule has 0 aliphatic carbocycles. The Bertz CT molecular complexity index is 573. The van der Waals surface area contributed by atoms with Crippen molar-refractivity contribution in [3.8, 4) is 6.07 Å². The third kappa shape index (κ3) is 5.54. The third-order valence-electron chi connectivity index (χ3n) is 3.72. The molecule has 1 aliphatic rings. The first-order valence-corrected chi connectivity index (χ1v) is 8.72. The van der Waals surface area contributed by atoms with Crippen LogP contribution in [0.1, 0.15) is 20.3 Å². The Labute approximate surface area is 142 Å². The average Bonchev–Trinajstić information content (AvgIpc) is 2.52. The zero-order chi connectivity index (χ0) is 16.7. The predicted molar refractivity (Wildman–Crippen MR) is 92.5 cm³/mol. The lowest BCUT2D eigenvalue weighted by Crippen LogP contribution is -2.47. The normalized spacial score (nSPS) is 19.8. The number of carbonyl (C=O) groups is 1. The van der Waals surface area contributed by atoms with Gasteiger partial charge in [-0.15, -0.1) is 11.8 Å². The number of amides is 1. The van der Waals surface area contributed by atoms with Crippen molar-refractivity contribution in [1.82, 2.24) is 4.90 Å². The van der Waals surface area contributed by atoms with E-state index in [0.29, 0.717) is 26.2 Å². The van der Waals surface area contributed by atoms with Crippen LogP contribution in [-0.2, 0) is 9.53 Å². The number of ether oxygens (including phenoxy) is 1. The molecule has 2 rings (SSSR count). The van der Waals surface area contributed by atoms with Crippen molar-refractivity contribution in [2.24, 2.45) is 0 Å². The van der Waals surface area contributed by atoms with E-state index in [1.54, 1.807) is 11.8 Å². The standard InChI is InChI=1S/C17H23N3O2S/c1-13-12-22-10-9-20(13)11-17(21)19-15-5-3-4-6-16(15)23-14(2)7-8-18/h3-6,13-14H,7,9-12H2,1-2H3,(H,19,21)/t13-,14-/m1/s1. The predicted octanol–water partition coefficient (Wildman–Crippen LogP) is 2.74. The number of hydrogen-bond donors (Lipinski definition) is 1. The fourth-order valence-corrected chi connectivity index (χ4v) is 3.42. The minimum absolute atomic E-state index is 0.0141. The summed E-state index contributed by atoms with van der Waals surface area (Å²) < 4.78 is 5.39. The van der Waals surface area contributed by atoms with Crippen molar-refractivity contribution in [3.63, 3.8) is 0 Å². The average molecular weight is 333 g/mol. The number of morpholine rings is 1. The Kier molecular flexibility index (Phi) is 6.90. The number of anilines is 1. The molecular formula is C17H23N3O2S. The molecule has 1 N–H and O–H groups in total. The number of nitriles is 1. The molecule has 124 valence electrons. The highest BCUT2D eigenvalue weighted by molar-refractivity contribution is 8.00. The van der Waals surface area contributed by atoms with Crippen molar-refractivity contribution in [2.75, 3.05) is 31.6 Å². The van der Waals surface area contributed by atoms with Crippen molar-refractivity contribution >= 4 is 23.4 Å². The molecule has 1 aliphatic heterocycles. The second-order valence-electron chi connectivity index (χ2n) is 5.73. The van der Waals surface area contributed by atoms with E-state index in [2.05, 4.69) is 23.2 Å². The molecule has 0 aromatic heterocycles. The maximum atomic E-state index is 12.3. The van der Waals surface area contributed by atoms with Crippen LogP contribution in [0.4, 0.5) is 5.69 Å². The molecule has 23 heavy (non-hydrogen) atoms. The topological polar surface area (TPSA) is 65.4 Å². The first-order valence-electron chi connectivity index (χ1n) is 7.84. The molecule has 1 aromatic carbocycles. The molecule has 1 fully saturated rings. The number of benzene rings is 1. The van der Waals surface area contributed by atoms with E-state index >= 15 is 0 Å². The van der Waals surface area contributed by atoms with E-state index in [4.69, 9.17) is 10.00 Å². The van der Waals surface area contributed by atoms with Gasteiger partial charge in [0, 0.05) is 29.2 Å². The summed E-state index contributed by atoms with van der Waals surface area (Å²) in [6, 6.07) is 10.2. The van der Waals surface area contributed by atoms with Crippen LogP contribution in [0.25, 0.3) is 0 Å². The Morgan fingerprint density at radius 2 is 2.35 bits per heavy atom. The highest BCUT2D eigenvalue weighted by Crippen LogP contribution is 2.31. The fourth-order valence-electron chi connectivity index (χ4n) is 2.43. The van der Waals surface area contributed by atoms with Crippen LogP contribution < -0.4 is 5.32 Å². The quantitative estimate of drug-likeness (QED) is 0.811. The lowest BCUT2D eigenvalue weighted by molar-refractivity contribution is -0.119. The molecule has 2 atom stereocenters. The number of carbonyl (C=O) groups excluding carboxylic acids is 1. The van der Waals surface area contributed by atoms with E-state index in [9.17, 15) is 4.79 Å². The second kappa shape index (κ2) is 8.92. The number of nitrogens with one attached hydrogen (secondary N) is 1. The number of para-hydroxylation sites is 1. The fraction of sp³-hybridized carbons (Fsp3) is 0.529. The van der Waals surface area contributed by atoms with E-state index in [1.165, 1.54) is 0 Å². The van der Waals surface area contributed by atoms with Crippen LogP contribution in [0.5, 0.6) is 0 Å². The summed E-state index contributed by atoms with van der Waals surface area (Å²) >= 11 is 1.61. The molecule has 1 amide bonds. The van der Waals surface area contributed by atoms with Crippen LogP contribution >= 0.6 is 11.8 Å². The van der Waals surface area contributed by atoms with Gasteiger partial charge >= 0.3 is 0 Å². The number of hydrogen-bond acceptors (Lipinski definition) is 5. The molecule has 1 aromatic rings. The van der Waals surface area contributed by atoms with Gasteiger partial charge in [-0.3, -0.25) is 9.69 Å². The molecule has 6 heteroatoms. The van der Waals surface area contributed by atoms with Crippen molar-refractivity contribution < 1.29 is 9.53 Å². The first kappa shape index (κ1) is 17.8. The second-order valence-corrected chi connectivity index (χ2v) is 7.21. The van der Waals surface area contributed by atoms with Crippen molar-refractivity contribution in [1.29, 1.82) is 5.26 Å². The first-order chi connectivity index (χ1) is 11.1. The zero-order valence-electron chi connectivity index (χ0n) is 13.6. The lowest BCUT2D eigenvalue weighted by atomic mass is 10.2. The van der Waals surface area contributed by atoms with Gasteiger partial charge in [-0.05, 0) is 19.1 Å². The van der Waals surface area contributed by atoms with Gasteiger partial charge < -0.3 is 10.1 Å². The summed E-state index contributed by atoms with van der Waals surface area (Å²) in [5, 5.41) is 12.0. The summed E-state index contributed by atoms with van der Waals surface area (Å²) in [7, 11) is 0. The van der Waals surface area contributed by atoms with Crippen molar-refractivity contribution in [2.45, 2.75) is 36.5 Å². The summed E-state index contributed by atoms with van der Waals surface area (Å²) in [6.07, 6.45) is 0.484. The lowest BCUT2D eigenvalue weighted by Gasteiger charge is -2.32. The summed E-state index contributed by atoms with van der Waals surface area (Å²) in [5.74, 6) is -0.0141. The maximum absolute atomic E-state index is 12.3. The van der Waals surface area contributed by atoms with Crippen LogP contribution in [0.2, 0.25) is 0 Å². The highest BCUT2D eigenvalue weighted by atomic mass is 32.2. The number of thioether (sulfide) groups is 1. The summed E-state index contributed by atoms with van der Waals surface area (Å²) in [5.41, 5.74) is 0.813. The molecule has 0 saturated carbocycles. The van der Waals surface area contributed by atoms with Crippen molar-refractivity contribution in [3.05, 3.63) is 24.3 Å². The monoisotopic (exact) mass is 333 g/mol. The van der Waals surface area contributed by atoms with Gasteiger partial charge in [-0.25, -0.2) is 0 Å². The molecule has 5 nitrogen and oxygen atoms in total. The van der Waals surface area contributed by atoms with E-state index in [0.717, 1.165) is 17.1 Å². The Morgan fingerprint density at radius 1 is 1.57 bits per heavy atom. The van der Waals surface area contributed by atoms with Gasteiger partial charge in [0.1, 0.15) is 0 Å². The van der Waals surface area contributed by atoms with Gasteiger partial charge in [0.25, 0.3) is 0 Å². The van der Waals surface area contributed by atoms with Gasteiger partial charge in [-0.1, -0.05) is 19.1 Å². The highest BCUT2D eigenvalue weighted by Gasteiger charge is 2.21. The molecule has 0 radical (unpaired) electrons. The van der Waals surface area contributed by atoms with Gasteiger partial charge in [0.2, 0.25) is 5.91 Å². The number of rotatable bonds is 6. The Hall–Kier alpha value is -1.55. The molecular weight excluding hydrogens is 310 g/mol. The largest absolute Gasteiger partial charge is 0.379 e. The SMILES string of the molecule is C[C@H](CC#N)Sc1ccccc1NC(=O)CN1CCOC[C@H]1C. The Balaban J connectivity index is 1.96. The third-order valence-corrected chi connectivity index (χ3v) is 4.90. The van der Waals surface area contributed by atoms with Crippen LogP contribution in [0.3, 0.4) is 0 Å². The molecule has 1 saturated heterocycles. The van der Waals surface area contributed by atoms with E-state index < -0.39 is 0 Å². The van der Waals surface area contributed by atoms with Gasteiger partial charge in [-0.2, -0.15) is 5.26 Å². The minimum Gasteiger partial charge on any atom is -0.379 e. The van der Waals surface area contributed by atoms with Crippen LogP contribution in [-0.4, -0.2) is 48.4 Å².